The molecule has 2 heterocycles. The van der Waals surface area contributed by atoms with Gasteiger partial charge >= 0.3 is 0 Å². The molecule has 0 fully saturated rings. The lowest BCUT2D eigenvalue weighted by molar-refractivity contribution is 0.582. The first-order valence-electron chi connectivity index (χ1n) is 5.75. The van der Waals surface area contributed by atoms with Gasteiger partial charge in [0.05, 0.1) is 29.1 Å². The summed E-state index contributed by atoms with van der Waals surface area (Å²) in [5.74, 6) is -0.468. The number of aromatic nitrogens is 2. The number of hydrogen-bond acceptors (Lipinski definition) is 4. The summed E-state index contributed by atoms with van der Waals surface area (Å²) in [6.45, 7) is 7.06. The predicted octanol–water partition coefficient (Wildman–Crippen LogP) is 3.59. The Hall–Kier alpha value is -1.49. The van der Waals surface area contributed by atoms with Gasteiger partial charge in [0.2, 0.25) is 5.95 Å². The van der Waals surface area contributed by atoms with Gasteiger partial charge < -0.3 is 5.32 Å². The fraction of sp³-hybridized carbons (Fsp3) is 0.385. The van der Waals surface area contributed by atoms with Crippen LogP contribution in [0.1, 0.15) is 31.5 Å². The standard InChI is InChI=1S/C13H16FN3S/c1-13(2,3)12-17-10(8-18-12)7-15-9-4-5-11(14)16-6-9/h4-6,8,15H,7H2,1-3H3. The Bertz CT molecular complexity index is 514. The van der Waals surface area contributed by atoms with E-state index in [1.807, 2.05) is 5.38 Å². The quantitative estimate of drug-likeness (QED) is 0.862. The van der Waals surface area contributed by atoms with E-state index in [-0.39, 0.29) is 5.41 Å². The number of nitrogens with one attached hydrogen (secondary N) is 1. The second kappa shape index (κ2) is 5.02. The molecular weight excluding hydrogens is 249 g/mol. The van der Waals surface area contributed by atoms with E-state index in [1.165, 1.54) is 12.3 Å². The summed E-state index contributed by atoms with van der Waals surface area (Å²) in [7, 11) is 0. The summed E-state index contributed by atoms with van der Waals surface area (Å²) in [5, 5.41) is 6.34. The van der Waals surface area contributed by atoms with Gasteiger partial charge in [0.25, 0.3) is 0 Å². The van der Waals surface area contributed by atoms with Gasteiger partial charge in [0, 0.05) is 10.8 Å². The molecule has 5 heteroatoms. The Morgan fingerprint density at radius 2 is 2.11 bits per heavy atom. The molecule has 0 aromatic carbocycles. The van der Waals surface area contributed by atoms with Crippen LogP contribution in [-0.2, 0) is 12.0 Å². The number of hydrogen-bond donors (Lipinski definition) is 1. The van der Waals surface area contributed by atoms with Crippen molar-refractivity contribution in [3.05, 3.63) is 40.4 Å². The van der Waals surface area contributed by atoms with E-state index >= 15 is 0 Å². The van der Waals surface area contributed by atoms with E-state index < -0.39 is 5.95 Å². The monoisotopic (exact) mass is 265 g/mol. The Kier molecular flexibility index (Phi) is 3.61. The number of pyridine rings is 1. The van der Waals surface area contributed by atoms with E-state index in [2.05, 4.69) is 36.1 Å². The molecule has 0 spiro atoms. The first-order chi connectivity index (χ1) is 8.45. The highest BCUT2D eigenvalue weighted by molar-refractivity contribution is 7.09. The lowest BCUT2D eigenvalue weighted by Crippen LogP contribution is -2.11. The van der Waals surface area contributed by atoms with Crippen molar-refractivity contribution >= 4 is 17.0 Å². The Morgan fingerprint density at radius 3 is 2.67 bits per heavy atom. The van der Waals surface area contributed by atoms with Gasteiger partial charge in [-0.3, -0.25) is 0 Å². The van der Waals surface area contributed by atoms with Crippen molar-refractivity contribution in [3.8, 4) is 0 Å². The van der Waals surface area contributed by atoms with Gasteiger partial charge in [0.1, 0.15) is 0 Å². The number of rotatable bonds is 3. The first kappa shape index (κ1) is 13.0. The predicted molar refractivity (Wildman–Crippen MR) is 72.3 cm³/mol. The molecule has 0 aliphatic heterocycles. The van der Waals surface area contributed by atoms with E-state index in [4.69, 9.17) is 0 Å². The fourth-order valence-electron chi connectivity index (χ4n) is 1.41. The molecule has 0 saturated carbocycles. The molecule has 3 nitrogen and oxygen atoms in total. The van der Waals surface area contributed by atoms with Gasteiger partial charge in [0.15, 0.2) is 0 Å². The second-order valence-electron chi connectivity index (χ2n) is 5.12. The van der Waals surface area contributed by atoms with Crippen molar-refractivity contribution in [2.45, 2.75) is 32.7 Å². The number of thiazole rings is 1. The third kappa shape index (κ3) is 3.26. The maximum atomic E-state index is 12.6. The van der Waals surface area contributed by atoms with Crippen LogP contribution in [0.4, 0.5) is 10.1 Å². The van der Waals surface area contributed by atoms with E-state index in [1.54, 1.807) is 17.4 Å². The van der Waals surface area contributed by atoms with E-state index in [9.17, 15) is 4.39 Å². The zero-order chi connectivity index (χ0) is 13.2. The molecule has 0 saturated heterocycles. The number of nitrogens with zero attached hydrogens (tertiary/aromatic N) is 2. The lowest BCUT2D eigenvalue weighted by Gasteiger charge is -2.13. The highest BCUT2D eigenvalue weighted by Gasteiger charge is 2.17. The van der Waals surface area contributed by atoms with Crippen LogP contribution in [0, 0.1) is 5.95 Å². The molecule has 18 heavy (non-hydrogen) atoms. The highest BCUT2D eigenvalue weighted by atomic mass is 32.1. The Balaban J connectivity index is 1.98. The average molecular weight is 265 g/mol. The fourth-order valence-corrected chi connectivity index (χ4v) is 2.31. The SMILES string of the molecule is CC(C)(C)c1nc(CNc2ccc(F)nc2)cs1. The molecule has 1 N–H and O–H groups in total. The zero-order valence-corrected chi connectivity index (χ0v) is 11.5. The van der Waals surface area contributed by atoms with Crippen LogP contribution in [0.5, 0.6) is 0 Å². The summed E-state index contributed by atoms with van der Waals surface area (Å²) >= 11 is 1.67. The molecule has 0 amide bonds. The van der Waals surface area contributed by atoms with Crippen molar-refractivity contribution in [2.24, 2.45) is 0 Å². The maximum absolute atomic E-state index is 12.6. The number of halogens is 1. The molecular formula is C13H16FN3S. The first-order valence-corrected chi connectivity index (χ1v) is 6.63. The molecule has 0 radical (unpaired) electrons. The molecule has 2 rings (SSSR count). The number of anilines is 1. The van der Waals surface area contributed by atoms with Gasteiger partial charge in [-0.2, -0.15) is 4.39 Å². The smallest absolute Gasteiger partial charge is 0.212 e. The van der Waals surface area contributed by atoms with Gasteiger partial charge in [-0.25, -0.2) is 9.97 Å². The van der Waals surface area contributed by atoms with Crippen LogP contribution in [-0.4, -0.2) is 9.97 Å². The molecule has 2 aromatic heterocycles. The van der Waals surface area contributed by atoms with Gasteiger partial charge in [-0.1, -0.05) is 20.8 Å². The van der Waals surface area contributed by atoms with Gasteiger partial charge in [-0.05, 0) is 12.1 Å². The van der Waals surface area contributed by atoms with E-state index in [0.29, 0.717) is 6.54 Å². The summed E-state index contributed by atoms with van der Waals surface area (Å²) in [4.78, 5) is 8.16. The molecule has 0 atom stereocenters. The maximum Gasteiger partial charge on any atom is 0.212 e. The largest absolute Gasteiger partial charge is 0.378 e. The lowest BCUT2D eigenvalue weighted by atomic mass is 9.98. The van der Waals surface area contributed by atoms with Crippen molar-refractivity contribution in [1.82, 2.24) is 9.97 Å². The topological polar surface area (TPSA) is 37.8 Å². The van der Waals surface area contributed by atoms with E-state index in [0.717, 1.165) is 16.4 Å². The van der Waals surface area contributed by atoms with Crippen molar-refractivity contribution in [2.75, 3.05) is 5.32 Å². The van der Waals surface area contributed by atoms with Crippen LogP contribution in [0.15, 0.2) is 23.7 Å². The highest BCUT2D eigenvalue weighted by Crippen LogP contribution is 2.25. The molecule has 0 unspecified atom stereocenters. The summed E-state index contributed by atoms with van der Waals surface area (Å²) < 4.78 is 12.6. The minimum Gasteiger partial charge on any atom is -0.378 e. The van der Waals surface area contributed by atoms with Crippen LogP contribution >= 0.6 is 11.3 Å². The molecule has 2 aromatic rings. The molecule has 96 valence electrons. The Morgan fingerprint density at radius 1 is 1.33 bits per heavy atom. The summed E-state index contributed by atoms with van der Waals surface area (Å²) in [6, 6.07) is 3.00. The van der Waals surface area contributed by atoms with Crippen molar-refractivity contribution in [1.29, 1.82) is 0 Å². The average Bonchev–Trinajstić information content (AvgIpc) is 2.77. The Labute approximate surface area is 110 Å². The van der Waals surface area contributed by atoms with Crippen LogP contribution in [0.3, 0.4) is 0 Å². The van der Waals surface area contributed by atoms with Crippen LogP contribution in [0.25, 0.3) is 0 Å². The van der Waals surface area contributed by atoms with Gasteiger partial charge in [-0.15, -0.1) is 11.3 Å². The van der Waals surface area contributed by atoms with Crippen molar-refractivity contribution in [3.63, 3.8) is 0 Å². The van der Waals surface area contributed by atoms with Crippen molar-refractivity contribution < 1.29 is 4.39 Å². The van der Waals surface area contributed by atoms with Crippen LogP contribution in [0.2, 0.25) is 0 Å². The molecule has 0 bridgehead atoms. The third-order valence-corrected chi connectivity index (χ3v) is 3.71. The second-order valence-corrected chi connectivity index (χ2v) is 5.98. The normalized spacial score (nSPS) is 11.6. The summed E-state index contributed by atoms with van der Waals surface area (Å²) in [6.07, 6.45) is 1.48. The minimum absolute atomic E-state index is 0.0837. The zero-order valence-electron chi connectivity index (χ0n) is 10.7. The third-order valence-electron chi connectivity index (χ3n) is 2.39. The molecule has 0 aliphatic rings. The summed E-state index contributed by atoms with van der Waals surface area (Å²) in [5.41, 5.74) is 1.87. The minimum atomic E-state index is -0.468. The molecule has 0 aliphatic carbocycles. The van der Waals surface area contributed by atoms with Crippen LogP contribution < -0.4 is 5.32 Å².